The number of rotatable bonds is 9. The maximum absolute atomic E-state index is 12.6. The van der Waals surface area contributed by atoms with Gasteiger partial charge in [-0.2, -0.15) is 0 Å². The Morgan fingerprint density at radius 3 is 2.37 bits per heavy atom. The number of nitrogens with one attached hydrogen (secondary N) is 2. The summed E-state index contributed by atoms with van der Waals surface area (Å²) < 4.78 is 5.20. The Balaban J connectivity index is 1.05. The first kappa shape index (κ1) is 32.8. The molecule has 0 unspecified atom stereocenters. The smallest absolute Gasteiger partial charge is 0.407 e. The highest BCUT2D eigenvalue weighted by molar-refractivity contribution is 6.34. The van der Waals surface area contributed by atoms with Crippen molar-refractivity contribution in [2.45, 2.75) is 104 Å². The summed E-state index contributed by atoms with van der Waals surface area (Å²) in [5, 5.41) is 28.3. The molecular weight excluding hydrogens is 587 g/mol. The van der Waals surface area contributed by atoms with Gasteiger partial charge in [0.2, 0.25) is 5.91 Å². The molecule has 10 atom stereocenters. The second kappa shape index (κ2) is 13.4. The molecule has 1 aromatic rings. The molecule has 7 nitrogen and oxygen atoms in total. The van der Waals surface area contributed by atoms with Crippen molar-refractivity contribution >= 4 is 35.2 Å². The zero-order chi connectivity index (χ0) is 30.9. The van der Waals surface area contributed by atoms with E-state index in [9.17, 15) is 19.8 Å². The molecule has 43 heavy (non-hydrogen) atoms. The van der Waals surface area contributed by atoms with Gasteiger partial charge in [0.25, 0.3) is 0 Å². The third-order valence-corrected chi connectivity index (χ3v) is 12.7. The lowest BCUT2D eigenvalue weighted by Gasteiger charge is -2.62. The zero-order valence-electron chi connectivity index (χ0n) is 25.9. The molecule has 0 spiro atoms. The Morgan fingerprint density at radius 2 is 1.63 bits per heavy atom. The normalized spacial score (nSPS) is 37.4. The molecule has 4 N–H and O–H groups in total. The van der Waals surface area contributed by atoms with Crippen LogP contribution in [0.5, 0.6) is 0 Å². The van der Waals surface area contributed by atoms with Crippen molar-refractivity contribution in [2.75, 3.05) is 13.1 Å². The predicted octanol–water partition coefficient (Wildman–Crippen LogP) is 6.74. The molecule has 4 aliphatic rings. The first-order valence-electron chi connectivity index (χ1n) is 16.4. The van der Waals surface area contributed by atoms with E-state index < -0.39 is 6.09 Å². The summed E-state index contributed by atoms with van der Waals surface area (Å²) in [6.45, 7) is 7.91. The van der Waals surface area contributed by atoms with Gasteiger partial charge in [0.1, 0.15) is 6.61 Å². The van der Waals surface area contributed by atoms with E-state index in [4.69, 9.17) is 27.9 Å². The van der Waals surface area contributed by atoms with Crippen LogP contribution in [-0.4, -0.2) is 47.5 Å². The first-order chi connectivity index (χ1) is 20.4. The van der Waals surface area contributed by atoms with Crippen LogP contribution in [0, 0.1) is 46.3 Å². The standard InChI is InChI=1S/C34H50Cl2N2O5/c1-20(4-7-30(41)37-12-13-38-32(42)43-19-21-14-23(35)18-24(36)15-21)26-5-6-27-31-28(9-11-34(26,27)3)33(2)10-8-25(39)16-22(33)17-29(31)40/h14-15,18,20,22,25-29,31,39-40H,4-13,16-17,19H2,1-3H3,(H,37,41)(H,38,42)/t20-,22+,25-,26-,27+,28+,29+,31+,33+,34-/m1/s1. The SMILES string of the molecule is C[C@H](CCC(=O)NCCNC(=O)OCc1cc(Cl)cc(Cl)c1)[C@H]1CC[C@H]2[C@@H]3[C@@H](O)C[C@@H]4C[C@H](O)CC[C@]4(C)[C@H]3CC[C@]12C. The lowest BCUT2D eigenvalue weighted by molar-refractivity contribution is -0.174. The summed E-state index contributed by atoms with van der Waals surface area (Å²) in [6.07, 6.45) is 8.65. The summed E-state index contributed by atoms with van der Waals surface area (Å²) in [5.41, 5.74) is 1.15. The molecular formula is C34H50Cl2N2O5. The number of alkyl carbamates (subject to hydrolysis) is 1. The molecule has 1 aromatic carbocycles. The Bertz CT molecular complexity index is 1150. The van der Waals surface area contributed by atoms with Gasteiger partial charge in [-0.25, -0.2) is 4.79 Å². The van der Waals surface area contributed by atoms with E-state index in [1.165, 1.54) is 25.7 Å². The van der Waals surface area contributed by atoms with Crippen LogP contribution in [0.25, 0.3) is 0 Å². The van der Waals surface area contributed by atoms with Crippen LogP contribution in [0.15, 0.2) is 18.2 Å². The van der Waals surface area contributed by atoms with Crippen LogP contribution in [0.3, 0.4) is 0 Å². The van der Waals surface area contributed by atoms with Gasteiger partial charge in [-0.3, -0.25) is 4.79 Å². The maximum Gasteiger partial charge on any atom is 0.407 e. The molecule has 9 heteroatoms. The highest BCUT2D eigenvalue weighted by atomic mass is 35.5. The van der Waals surface area contributed by atoms with E-state index >= 15 is 0 Å². The fourth-order valence-electron chi connectivity index (χ4n) is 10.1. The largest absolute Gasteiger partial charge is 0.445 e. The molecule has 4 aliphatic carbocycles. The molecule has 4 saturated carbocycles. The summed E-state index contributed by atoms with van der Waals surface area (Å²) in [5.74, 6) is 2.86. The number of carbonyl (C=O) groups is 2. The number of hydrogen-bond acceptors (Lipinski definition) is 5. The number of fused-ring (bicyclic) bond motifs is 5. The van der Waals surface area contributed by atoms with Gasteiger partial charge in [0.05, 0.1) is 12.2 Å². The number of amides is 2. The minimum Gasteiger partial charge on any atom is -0.445 e. The number of aliphatic hydroxyl groups is 2. The molecule has 0 aromatic heterocycles. The highest BCUT2D eigenvalue weighted by Crippen LogP contribution is 2.68. The number of aliphatic hydroxyl groups excluding tert-OH is 2. The number of hydrogen-bond donors (Lipinski definition) is 4. The fourth-order valence-corrected chi connectivity index (χ4v) is 10.7. The number of halogens is 2. The molecule has 0 aliphatic heterocycles. The number of ether oxygens (including phenoxy) is 1. The molecule has 0 radical (unpaired) electrons. The van der Waals surface area contributed by atoms with Crippen LogP contribution in [0.2, 0.25) is 10.0 Å². The third-order valence-electron chi connectivity index (χ3n) is 12.3. The average Bonchev–Trinajstić information content (AvgIpc) is 3.30. The van der Waals surface area contributed by atoms with Crippen LogP contribution < -0.4 is 10.6 Å². The zero-order valence-corrected chi connectivity index (χ0v) is 27.4. The molecule has 5 rings (SSSR count). The van der Waals surface area contributed by atoms with E-state index in [0.29, 0.717) is 64.1 Å². The Hall–Kier alpha value is -1.54. The van der Waals surface area contributed by atoms with Crippen LogP contribution in [0.1, 0.15) is 90.5 Å². The van der Waals surface area contributed by atoms with Crippen molar-refractivity contribution < 1.29 is 24.5 Å². The van der Waals surface area contributed by atoms with E-state index in [1.807, 2.05) is 0 Å². The van der Waals surface area contributed by atoms with E-state index in [2.05, 4.69) is 31.4 Å². The van der Waals surface area contributed by atoms with Crippen molar-refractivity contribution in [2.24, 2.45) is 46.3 Å². The van der Waals surface area contributed by atoms with Gasteiger partial charge in [0.15, 0.2) is 0 Å². The van der Waals surface area contributed by atoms with Gasteiger partial charge in [-0.15, -0.1) is 0 Å². The Labute approximate surface area is 266 Å². The van der Waals surface area contributed by atoms with Gasteiger partial charge in [-0.1, -0.05) is 44.0 Å². The average molecular weight is 638 g/mol. The molecule has 240 valence electrons. The minimum absolute atomic E-state index is 0.000139. The van der Waals surface area contributed by atoms with Crippen molar-refractivity contribution in [1.29, 1.82) is 0 Å². The monoisotopic (exact) mass is 636 g/mol. The summed E-state index contributed by atoms with van der Waals surface area (Å²) >= 11 is 12.0. The summed E-state index contributed by atoms with van der Waals surface area (Å²) in [4.78, 5) is 24.6. The second-order valence-corrected chi connectivity index (χ2v) is 15.5. The quantitative estimate of drug-likeness (QED) is 0.224. The lowest BCUT2D eigenvalue weighted by atomic mass is 9.43. The topological polar surface area (TPSA) is 108 Å². The van der Waals surface area contributed by atoms with Crippen molar-refractivity contribution in [1.82, 2.24) is 10.6 Å². The first-order valence-corrected chi connectivity index (χ1v) is 17.1. The van der Waals surface area contributed by atoms with Gasteiger partial charge in [-0.05, 0) is 128 Å². The van der Waals surface area contributed by atoms with E-state index in [1.54, 1.807) is 18.2 Å². The molecule has 4 fully saturated rings. The summed E-state index contributed by atoms with van der Waals surface area (Å²) in [6, 6.07) is 5.00. The van der Waals surface area contributed by atoms with Crippen LogP contribution in [-0.2, 0) is 16.1 Å². The minimum atomic E-state index is -0.564. The van der Waals surface area contributed by atoms with E-state index in [0.717, 1.165) is 32.1 Å². The van der Waals surface area contributed by atoms with Crippen LogP contribution >= 0.6 is 23.2 Å². The van der Waals surface area contributed by atoms with Gasteiger partial charge < -0.3 is 25.6 Å². The third kappa shape index (κ3) is 7.00. The number of benzene rings is 1. The number of carbonyl (C=O) groups excluding carboxylic acids is 2. The Kier molecular flexibility index (Phi) is 10.3. The molecule has 2 amide bonds. The van der Waals surface area contributed by atoms with Crippen molar-refractivity contribution in [3.05, 3.63) is 33.8 Å². The van der Waals surface area contributed by atoms with Crippen molar-refractivity contribution in [3.63, 3.8) is 0 Å². The molecule has 0 bridgehead atoms. The van der Waals surface area contributed by atoms with E-state index in [-0.39, 0.29) is 42.1 Å². The second-order valence-electron chi connectivity index (χ2n) is 14.6. The van der Waals surface area contributed by atoms with Gasteiger partial charge >= 0.3 is 6.09 Å². The predicted molar refractivity (Wildman–Crippen MR) is 169 cm³/mol. The van der Waals surface area contributed by atoms with Crippen molar-refractivity contribution in [3.8, 4) is 0 Å². The lowest BCUT2D eigenvalue weighted by Crippen LogP contribution is -2.58. The molecule has 0 heterocycles. The Morgan fingerprint density at radius 1 is 0.953 bits per heavy atom. The molecule has 0 saturated heterocycles. The van der Waals surface area contributed by atoms with Crippen LogP contribution in [0.4, 0.5) is 4.79 Å². The highest BCUT2D eigenvalue weighted by Gasteiger charge is 2.62. The summed E-state index contributed by atoms with van der Waals surface area (Å²) in [7, 11) is 0. The fraction of sp³-hybridized carbons (Fsp3) is 0.765. The van der Waals surface area contributed by atoms with Gasteiger partial charge in [0, 0.05) is 29.6 Å². The maximum atomic E-state index is 12.6.